The van der Waals surface area contributed by atoms with Gasteiger partial charge in [0.15, 0.2) is 5.75 Å². The van der Waals surface area contributed by atoms with Crippen molar-refractivity contribution < 1.29 is 38.4 Å². The normalized spacial score (nSPS) is 10.6. The molecule has 9 heteroatoms. The summed E-state index contributed by atoms with van der Waals surface area (Å²) in [5.41, 5.74) is 12.5. The first-order chi connectivity index (χ1) is 36.7. The van der Waals surface area contributed by atoms with Crippen molar-refractivity contribution in [3.05, 3.63) is 306 Å². The van der Waals surface area contributed by atoms with E-state index < -0.39 is 17.9 Å². The van der Waals surface area contributed by atoms with Crippen molar-refractivity contribution in [2.75, 3.05) is 4.90 Å². The molecule has 9 rings (SSSR count). The smallest absolute Gasteiger partial charge is 0.343 e. The Morgan fingerprint density at radius 3 is 1.19 bits per heavy atom. The fraction of sp³-hybridized carbons (Fsp3) is 0.0455. The minimum absolute atomic E-state index is 0.209. The van der Waals surface area contributed by atoms with Crippen molar-refractivity contribution in [3.63, 3.8) is 0 Å². The second kappa shape index (κ2) is 24.5. The SMILES string of the molecule is C=CC(=O)Oc1ccc(Cc2ccc(OOCc3ccc(N(c4ccc(C=C(c5ccccc5)c5ccccc5)cc4)c4ccc(C(=O)Oc5ccc(Cc6ccc(OC(=O)C=C)cc6)cc5)cc4)cc3)cc2)cc1. The van der Waals surface area contributed by atoms with Crippen molar-refractivity contribution in [1.29, 1.82) is 0 Å². The maximum Gasteiger partial charge on any atom is 0.343 e. The zero-order chi connectivity index (χ0) is 51.8. The van der Waals surface area contributed by atoms with Crippen LogP contribution in [0.1, 0.15) is 54.9 Å². The van der Waals surface area contributed by atoms with Gasteiger partial charge in [0.05, 0.1) is 5.56 Å². The van der Waals surface area contributed by atoms with Crippen molar-refractivity contribution in [2.45, 2.75) is 19.4 Å². The van der Waals surface area contributed by atoms with E-state index in [2.05, 4.69) is 96.9 Å². The fourth-order valence-corrected chi connectivity index (χ4v) is 8.20. The van der Waals surface area contributed by atoms with Crippen molar-refractivity contribution in [2.24, 2.45) is 0 Å². The first kappa shape index (κ1) is 50.1. The molecule has 0 aliphatic heterocycles. The van der Waals surface area contributed by atoms with E-state index in [1.165, 1.54) is 0 Å². The molecule has 0 fully saturated rings. The molecule has 368 valence electrons. The molecule has 0 unspecified atom stereocenters. The van der Waals surface area contributed by atoms with Gasteiger partial charge in [-0.3, -0.25) is 0 Å². The highest BCUT2D eigenvalue weighted by Crippen LogP contribution is 2.36. The van der Waals surface area contributed by atoms with E-state index in [9.17, 15) is 14.4 Å². The number of rotatable bonds is 20. The van der Waals surface area contributed by atoms with Crippen LogP contribution in [0.25, 0.3) is 11.6 Å². The molecule has 0 bridgehead atoms. The van der Waals surface area contributed by atoms with Crippen molar-refractivity contribution in [1.82, 2.24) is 0 Å². The lowest BCUT2D eigenvalue weighted by Crippen LogP contribution is -2.12. The van der Waals surface area contributed by atoms with E-state index in [4.69, 9.17) is 24.0 Å². The predicted octanol–water partition coefficient (Wildman–Crippen LogP) is 14.8. The summed E-state index contributed by atoms with van der Waals surface area (Å²) in [6.07, 6.45) is 5.80. The summed E-state index contributed by atoms with van der Waals surface area (Å²) in [6.45, 7) is 7.07. The Morgan fingerprint density at radius 1 is 0.387 bits per heavy atom. The van der Waals surface area contributed by atoms with Crippen LogP contribution in [0, 0.1) is 0 Å². The summed E-state index contributed by atoms with van der Waals surface area (Å²) < 4.78 is 16.2. The molecule has 75 heavy (non-hydrogen) atoms. The number of ether oxygens (including phenoxy) is 3. The third-order valence-corrected chi connectivity index (χ3v) is 12.1. The van der Waals surface area contributed by atoms with Gasteiger partial charge in [-0.2, -0.15) is 4.89 Å². The van der Waals surface area contributed by atoms with Crippen LogP contribution in [0.2, 0.25) is 0 Å². The first-order valence-electron chi connectivity index (χ1n) is 24.2. The van der Waals surface area contributed by atoms with Crippen LogP contribution in [-0.2, 0) is 33.9 Å². The van der Waals surface area contributed by atoms with Gasteiger partial charge in [-0.05, 0) is 166 Å². The van der Waals surface area contributed by atoms with Crippen LogP contribution in [0.15, 0.2) is 256 Å². The molecular formula is C66H51NO8. The zero-order valence-electron chi connectivity index (χ0n) is 40.9. The largest absolute Gasteiger partial charge is 0.423 e. The zero-order valence-corrected chi connectivity index (χ0v) is 40.9. The van der Waals surface area contributed by atoms with Gasteiger partial charge in [0, 0.05) is 29.2 Å². The Morgan fingerprint density at radius 2 is 0.760 bits per heavy atom. The molecule has 0 N–H and O–H groups in total. The van der Waals surface area contributed by atoms with Crippen molar-refractivity contribution >= 4 is 46.6 Å². The number of esters is 3. The average molecular weight is 986 g/mol. The number of anilines is 3. The average Bonchev–Trinajstić information content (AvgIpc) is 3.46. The third-order valence-electron chi connectivity index (χ3n) is 12.1. The minimum Gasteiger partial charge on any atom is -0.423 e. The second-order valence-electron chi connectivity index (χ2n) is 17.3. The molecule has 0 atom stereocenters. The molecule has 0 spiro atoms. The van der Waals surface area contributed by atoms with Gasteiger partial charge in [-0.15, -0.1) is 0 Å². The topological polar surface area (TPSA) is 101 Å². The molecule has 0 aromatic heterocycles. The highest BCUT2D eigenvalue weighted by molar-refractivity contribution is 5.93. The quantitative estimate of drug-likeness (QED) is 0.0184. The molecular weight excluding hydrogens is 935 g/mol. The van der Waals surface area contributed by atoms with Crippen LogP contribution in [0.5, 0.6) is 23.0 Å². The number of hydrogen-bond donors (Lipinski definition) is 0. The second-order valence-corrected chi connectivity index (χ2v) is 17.3. The summed E-state index contributed by atoms with van der Waals surface area (Å²) in [4.78, 5) is 50.0. The maximum atomic E-state index is 13.5. The van der Waals surface area contributed by atoms with Crippen molar-refractivity contribution in [3.8, 4) is 23.0 Å². The maximum absolute atomic E-state index is 13.5. The van der Waals surface area contributed by atoms with Gasteiger partial charge in [0.25, 0.3) is 0 Å². The number of hydrogen-bond acceptors (Lipinski definition) is 9. The summed E-state index contributed by atoms with van der Waals surface area (Å²) >= 11 is 0. The van der Waals surface area contributed by atoms with Gasteiger partial charge in [0.2, 0.25) is 0 Å². The van der Waals surface area contributed by atoms with Crippen LogP contribution in [0.3, 0.4) is 0 Å². The summed E-state index contributed by atoms with van der Waals surface area (Å²) in [6, 6.07) is 74.3. The molecule has 9 aromatic carbocycles. The van der Waals surface area contributed by atoms with Gasteiger partial charge in [-0.1, -0.05) is 147 Å². The molecule has 0 aliphatic rings. The summed E-state index contributed by atoms with van der Waals surface area (Å²) in [7, 11) is 0. The van der Waals surface area contributed by atoms with Gasteiger partial charge < -0.3 is 24.0 Å². The van der Waals surface area contributed by atoms with Crippen LogP contribution < -0.4 is 24.0 Å². The third kappa shape index (κ3) is 13.8. The molecule has 9 nitrogen and oxygen atoms in total. The Bertz CT molecular complexity index is 3350. The fourth-order valence-electron chi connectivity index (χ4n) is 8.20. The molecule has 9 aromatic rings. The molecule has 0 saturated heterocycles. The van der Waals surface area contributed by atoms with Crippen LogP contribution in [0.4, 0.5) is 17.1 Å². The van der Waals surface area contributed by atoms with E-state index in [0.717, 1.165) is 79.3 Å². The standard InChI is InChI=1S/C66H51NO8/c1-3-64(68)72-59-35-19-47(20-36-59)43-49-23-39-61(40-24-49)74-66(70)55-27-33-58(34-28-55)67(56-29-15-51(16-30-56)45-63(53-11-7-5-8-12-53)54-13-9-6-10-14-54)57-31-17-52(18-32-57)46-71-75-62-41-25-50(26-42-62)44-48-21-37-60(38-22-48)73-65(69)4-2/h3-42,45H,1-2,43-44,46H2. The Kier molecular flexibility index (Phi) is 16.4. The van der Waals surface area contributed by atoms with Gasteiger partial charge in [0.1, 0.15) is 23.9 Å². The molecule has 0 heterocycles. The monoisotopic (exact) mass is 985 g/mol. The lowest BCUT2D eigenvalue weighted by molar-refractivity contribution is -0.217. The lowest BCUT2D eigenvalue weighted by Gasteiger charge is -2.26. The Hall–Kier alpha value is -9.83. The van der Waals surface area contributed by atoms with Gasteiger partial charge >= 0.3 is 17.9 Å². The highest BCUT2D eigenvalue weighted by atomic mass is 17.2. The lowest BCUT2D eigenvalue weighted by atomic mass is 9.95. The molecule has 0 radical (unpaired) electrons. The van der Waals surface area contributed by atoms with Crippen LogP contribution >= 0.6 is 0 Å². The van der Waals surface area contributed by atoms with E-state index in [1.807, 2.05) is 109 Å². The Balaban J connectivity index is 0.882. The number of benzene rings is 9. The van der Waals surface area contributed by atoms with E-state index in [1.54, 1.807) is 48.5 Å². The highest BCUT2D eigenvalue weighted by Gasteiger charge is 2.16. The number of carbonyl (C=O) groups excluding carboxylic acids is 3. The molecule has 0 amide bonds. The Labute approximate surface area is 436 Å². The number of carbonyl (C=O) groups is 3. The minimum atomic E-state index is -0.510. The van der Waals surface area contributed by atoms with E-state index in [-0.39, 0.29) is 6.61 Å². The number of nitrogens with zero attached hydrogens (tertiary/aromatic N) is 1. The summed E-state index contributed by atoms with van der Waals surface area (Å²) in [5, 5.41) is 0. The molecule has 0 saturated carbocycles. The molecule has 0 aliphatic carbocycles. The van der Waals surface area contributed by atoms with E-state index >= 15 is 0 Å². The van der Waals surface area contributed by atoms with E-state index in [0.29, 0.717) is 41.4 Å². The predicted molar refractivity (Wildman–Crippen MR) is 294 cm³/mol. The van der Waals surface area contributed by atoms with Gasteiger partial charge in [-0.25, -0.2) is 14.4 Å². The van der Waals surface area contributed by atoms with Crippen LogP contribution in [-0.4, -0.2) is 17.9 Å². The summed E-state index contributed by atoms with van der Waals surface area (Å²) in [5.74, 6) is 0.428. The first-order valence-corrected chi connectivity index (χ1v) is 24.2.